The van der Waals surface area contributed by atoms with Gasteiger partial charge in [0.25, 0.3) is 0 Å². The van der Waals surface area contributed by atoms with Gasteiger partial charge in [0, 0.05) is 19.9 Å². The van der Waals surface area contributed by atoms with E-state index in [-0.39, 0.29) is 5.84 Å². The molecule has 2 aromatic rings. The monoisotopic (exact) mass is 277 g/mol. The lowest BCUT2D eigenvalue weighted by atomic mass is 10.2. The molecule has 0 radical (unpaired) electrons. The molecule has 8 nitrogen and oxygen atoms in total. The van der Waals surface area contributed by atoms with Crippen LogP contribution in [0.3, 0.4) is 0 Å². The SMILES string of the molecule is CCc1nc(CC)n(-c2c(C(N)=NO)c(C)nn2C)n1. The minimum Gasteiger partial charge on any atom is -0.409 e. The quantitative estimate of drug-likeness (QED) is 0.367. The summed E-state index contributed by atoms with van der Waals surface area (Å²) in [7, 11) is 1.79. The van der Waals surface area contributed by atoms with E-state index in [1.54, 1.807) is 23.3 Å². The van der Waals surface area contributed by atoms with Crippen molar-refractivity contribution < 1.29 is 5.21 Å². The molecule has 20 heavy (non-hydrogen) atoms. The predicted octanol–water partition coefficient (Wildman–Crippen LogP) is 0.529. The van der Waals surface area contributed by atoms with Crippen molar-refractivity contribution in [3.63, 3.8) is 0 Å². The molecule has 2 rings (SSSR count). The first-order valence-electron chi connectivity index (χ1n) is 6.50. The summed E-state index contributed by atoms with van der Waals surface area (Å²) in [5, 5.41) is 20.8. The Kier molecular flexibility index (Phi) is 3.73. The lowest BCUT2D eigenvalue weighted by molar-refractivity contribution is 0.318. The Balaban J connectivity index is 2.72. The zero-order chi connectivity index (χ0) is 14.9. The molecule has 0 unspecified atom stereocenters. The lowest BCUT2D eigenvalue weighted by Gasteiger charge is -2.07. The molecule has 0 aromatic carbocycles. The van der Waals surface area contributed by atoms with Gasteiger partial charge in [-0.15, -0.1) is 5.10 Å². The van der Waals surface area contributed by atoms with Crippen molar-refractivity contribution in [2.75, 3.05) is 0 Å². The van der Waals surface area contributed by atoms with Crippen molar-refractivity contribution in [2.24, 2.45) is 17.9 Å². The van der Waals surface area contributed by atoms with Gasteiger partial charge in [-0.2, -0.15) is 9.78 Å². The highest BCUT2D eigenvalue weighted by atomic mass is 16.4. The summed E-state index contributed by atoms with van der Waals surface area (Å²) in [6, 6.07) is 0. The van der Waals surface area contributed by atoms with Gasteiger partial charge in [0.2, 0.25) is 0 Å². The Morgan fingerprint density at radius 3 is 2.55 bits per heavy atom. The van der Waals surface area contributed by atoms with Crippen molar-refractivity contribution in [2.45, 2.75) is 33.6 Å². The van der Waals surface area contributed by atoms with E-state index in [0.717, 1.165) is 24.5 Å². The number of oxime groups is 1. The van der Waals surface area contributed by atoms with E-state index < -0.39 is 0 Å². The molecule has 0 aliphatic rings. The Morgan fingerprint density at radius 1 is 1.30 bits per heavy atom. The van der Waals surface area contributed by atoms with E-state index in [1.807, 2.05) is 13.8 Å². The number of amidine groups is 1. The minimum absolute atomic E-state index is 0.0150. The van der Waals surface area contributed by atoms with Crippen LogP contribution in [0.2, 0.25) is 0 Å². The third kappa shape index (κ3) is 2.13. The lowest BCUT2D eigenvalue weighted by Crippen LogP contribution is -2.19. The van der Waals surface area contributed by atoms with Gasteiger partial charge in [-0.3, -0.25) is 0 Å². The normalized spacial score (nSPS) is 12.1. The van der Waals surface area contributed by atoms with Gasteiger partial charge < -0.3 is 10.9 Å². The second kappa shape index (κ2) is 5.32. The minimum atomic E-state index is 0.0150. The van der Waals surface area contributed by atoms with Crippen LogP contribution in [0, 0.1) is 6.92 Å². The summed E-state index contributed by atoms with van der Waals surface area (Å²) < 4.78 is 3.38. The van der Waals surface area contributed by atoms with Gasteiger partial charge >= 0.3 is 0 Å². The molecule has 0 spiro atoms. The van der Waals surface area contributed by atoms with E-state index in [0.29, 0.717) is 17.1 Å². The maximum absolute atomic E-state index is 8.95. The van der Waals surface area contributed by atoms with Gasteiger partial charge in [0.05, 0.1) is 11.3 Å². The Morgan fingerprint density at radius 2 is 2.00 bits per heavy atom. The number of nitrogens with two attached hydrogens (primary N) is 1. The zero-order valence-electron chi connectivity index (χ0n) is 12.1. The highest BCUT2D eigenvalue weighted by molar-refractivity contribution is 6.00. The average Bonchev–Trinajstić information content (AvgIpc) is 2.97. The van der Waals surface area contributed by atoms with Crippen LogP contribution < -0.4 is 5.73 Å². The van der Waals surface area contributed by atoms with Gasteiger partial charge in [-0.1, -0.05) is 19.0 Å². The van der Waals surface area contributed by atoms with Gasteiger partial charge in [-0.05, 0) is 6.92 Å². The maximum atomic E-state index is 8.95. The Labute approximate surface area is 116 Å². The van der Waals surface area contributed by atoms with Crippen LogP contribution in [0.4, 0.5) is 0 Å². The van der Waals surface area contributed by atoms with Gasteiger partial charge in [0.15, 0.2) is 17.5 Å². The van der Waals surface area contributed by atoms with Crippen LogP contribution in [0.1, 0.15) is 36.8 Å². The van der Waals surface area contributed by atoms with Crippen LogP contribution in [0.15, 0.2) is 5.16 Å². The molecule has 0 saturated heterocycles. The van der Waals surface area contributed by atoms with E-state index >= 15 is 0 Å². The molecule has 0 saturated carbocycles. The first kappa shape index (κ1) is 14.0. The molecule has 0 amide bonds. The van der Waals surface area contributed by atoms with E-state index in [1.165, 1.54) is 0 Å². The van der Waals surface area contributed by atoms with E-state index in [4.69, 9.17) is 10.9 Å². The summed E-state index contributed by atoms with van der Waals surface area (Å²) in [4.78, 5) is 4.47. The van der Waals surface area contributed by atoms with Crippen LogP contribution in [-0.2, 0) is 19.9 Å². The smallest absolute Gasteiger partial charge is 0.175 e. The zero-order valence-corrected chi connectivity index (χ0v) is 12.1. The second-order valence-electron chi connectivity index (χ2n) is 4.46. The molecular formula is C12H19N7O. The Bertz CT molecular complexity index is 653. The third-order valence-electron chi connectivity index (χ3n) is 3.11. The molecule has 2 heterocycles. The van der Waals surface area contributed by atoms with Crippen LogP contribution >= 0.6 is 0 Å². The summed E-state index contributed by atoms with van der Waals surface area (Å²) in [5.74, 6) is 2.24. The summed E-state index contributed by atoms with van der Waals surface area (Å²) in [5.41, 5.74) is 7.00. The van der Waals surface area contributed by atoms with Crippen molar-refractivity contribution in [3.8, 4) is 5.82 Å². The summed E-state index contributed by atoms with van der Waals surface area (Å²) in [6.07, 6.45) is 1.47. The first-order valence-corrected chi connectivity index (χ1v) is 6.50. The molecule has 0 bridgehead atoms. The molecule has 0 fully saturated rings. The van der Waals surface area contributed by atoms with Crippen LogP contribution in [-0.4, -0.2) is 35.6 Å². The highest BCUT2D eigenvalue weighted by Gasteiger charge is 2.22. The van der Waals surface area contributed by atoms with Gasteiger partial charge in [-0.25, -0.2) is 9.67 Å². The van der Waals surface area contributed by atoms with Gasteiger partial charge in [0.1, 0.15) is 5.82 Å². The first-order chi connectivity index (χ1) is 9.53. The standard InChI is InChI=1S/C12H19N7O/c1-5-8-14-9(6-2)19(16-8)12-10(11(13)17-20)7(3)15-18(12)4/h20H,5-6H2,1-4H3,(H2,13,17). The summed E-state index contributed by atoms with van der Waals surface area (Å²) in [6.45, 7) is 5.81. The largest absolute Gasteiger partial charge is 0.409 e. The van der Waals surface area contributed by atoms with Crippen LogP contribution in [0.5, 0.6) is 0 Å². The molecular weight excluding hydrogens is 258 g/mol. The fraction of sp³-hybridized carbons (Fsp3) is 0.500. The fourth-order valence-electron chi connectivity index (χ4n) is 2.18. The maximum Gasteiger partial charge on any atom is 0.175 e. The molecule has 0 aliphatic carbocycles. The highest BCUT2D eigenvalue weighted by Crippen LogP contribution is 2.19. The number of rotatable bonds is 4. The number of hydrogen-bond donors (Lipinski definition) is 2. The fourth-order valence-corrected chi connectivity index (χ4v) is 2.18. The van der Waals surface area contributed by atoms with Crippen molar-refractivity contribution in [1.82, 2.24) is 24.5 Å². The second-order valence-corrected chi connectivity index (χ2v) is 4.46. The average molecular weight is 277 g/mol. The predicted molar refractivity (Wildman–Crippen MR) is 74.1 cm³/mol. The van der Waals surface area contributed by atoms with Crippen LogP contribution in [0.25, 0.3) is 5.82 Å². The molecule has 2 aromatic heterocycles. The van der Waals surface area contributed by atoms with Crippen molar-refractivity contribution in [3.05, 3.63) is 22.9 Å². The third-order valence-corrected chi connectivity index (χ3v) is 3.11. The molecule has 3 N–H and O–H groups in total. The number of nitrogens with zero attached hydrogens (tertiary/aromatic N) is 6. The molecule has 0 aliphatic heterocycles. The van der Waals surface area contributed by atoms with E-state index in [9.17, 15) is 0 Å². The molecule has 0 atom stereocenters. The molecule has 8 heteroatoms. The number of aromatic nitrogens is 5. The molecule has 108 valence electrons. The van der Waals surface area contributed by atoms with E-state index in [2.05, 4.69) is 20.3 Å². The number of aryl methyl sites for hydroxylation is 4. The summed E-state index contributed by atoms with van der Waals surface area (Å²) >= 11 is 0. The Hall–Kier alpha value is -2.38. The number of hydrogen-bond acceptors (Lipinski definition) is 5. The topological polar surface area (TPSA) is 107 Å². The van der Waals surface area contributed by atoms with Crippen molar-refractivity contribution in [1.29, 1.82) is 0 Å². The van der Waals surface area contributed by atoms with Crippen molar-refractivity contribution >= 4 is 5.84 Å².